The third-order valence-electron chi connectivity index (χ3n) is 4.79. The Bertz CT molecular complexity index is 311. The van der Waals surface area contributed by atoms with E-state index in [4.69, 9.17) is 0 Å². The number of carbonyl (C=O) groups is 1. The molecule has 108 valence electrons. The normalized spacial score (nSPS) is 30.0. The van der Waals surface area contributed by atoms with E-state index >= 15 is 0 Å². The fourth-order valence-corrected chi connectivity index (χ4v) is 3.55. The number of hydrogen-bond donors (Lipinski definition) is 2. The van der Waals surface area contributed by atoms with Crippen molar-refractivity contribution in [2.45, 2.75) is 75.9 Å². The van der Waals surface area contributed by atoms with Crippen molar-refractivity contribution in [3.05, 3.63) is 0 Å². The molecule has 4 nitrogen and oxygen atoms in total. The van der Waals surface area contributed by atoms with Crippen molar-refractivity contribution < 1.29 is 4.79 Å². The van der Waals surface area contributed by atoms with Gasteiger partial charge in [-0.25, -0.2) is 4.79 Å². The first-order valence-corrected chi connectivity index (χ1v) is 8.12. The SMILES string of the molecule is O=C(NC1CCCCC1)NC1CCCN(C2CC2)C1. The number of hydrogen-bond acceptors (Lipinski definition) is 2. The minimum absolute atomic E-state index is 0.0644. The monoisotopic (exact) mass is 265 g/mol. The summed E-state index contributed by atoms with van der Waals surface area (Å²) in [4.78, 5) is 14.6. The summed E-state index contributed by atoms with van der Waals surface area (Å²) in [6.07, 6.45) is 11.3. The lowest BCUT2D eigenvalue weighted by Gasteiger charge is -2.33. The zero-order chi connectivity index (χ0) is 13.1. The van der Waals surface area contributed by atoms with Gasteiger partial charge in [0.25, 0.3) is 0 Å². The number of piperidine rings is 1. The first-order valence-electron chi connectivity index (χ1n) is 8.12. The summed E-state index contributed by atoms with van der Waals surface area (Å²) in [7, 11) is 0. The van der Waals surface area contributed by atoms with Crippen LogP contribution in [0.5, 0.6) is 0 Å². The van der Waals surface area contributed by atoms with Gasteiger partial charge in [-0.05, 0) is 45.1 Å². The van der Waals surface area contributed by atoms with Crippen LogP contribution >= 0.6 is 0 Å². The van der Waals surface area contributed by atoms with E-state index in [1.807, 2.05) is 0 Å². The summed E-state index contributed by atoms with van der Waals surface area (Å²) in [5.41, 5.74) is 0. The average molecular weight is 265 g/mol. The molecule has 3 aliphatic rings. The maximum atomic E-state index is 12.0. The van der Waals surface area contributed by atoms with E-state index in [-0.39, 0.29) is 6.03 Å². The smallest absolute Gasteiger partial charge is 0.315 e. The highest BCUT2D eigenvalue weighted by atomic mass is 16.2. The summed E-state index contributed by atoms with van der Waals surface area (Å²) >= 11 is 0. The lowest BCUT2D eigenvalue weighted by molar-refractivity contribution is 0.177. The van der Waals surface area contributed by atoms with E-state index in [0.29, 0.717) is 12.1 Å². The molecule has 2 N–H and O–H groups in total. The second-order valence-electron chi connectivity index (χ2n) is 6.52. The van der Waals surface area contributed by atoms with Crippen molar-refractivity contribution in [2.75, 3.05) is 13.1 Å². The molecule has 0 aromatic rings. The molecule has 0 aromatic carbocycles. The number of amides is 2. The molecule has 2 aliphatic carbocycles. The van der Waals surface area contributed by atoms with Gasteiger partial charge in [-0.15, -0.1) is 0 Å². The van der Waals surface area contributed by atoms with E-state index in [1.165, 1.54) is 45.1 Å². The van der Waals surface area contributed by atoms with Gasteiger partial charge in [0.15, 0.2) is 0 Å². The number of nitrogens with zero attached hydrogens (tertiary/aromatic N) is 1. The lowest BCUT2D eigenvalue weighted by atomic mass is 9.96. The summed E-state index contributed by atoms with van der Waals surface area (Å²) in [6.45, 7) is 2.29. The Morgan fingerprint density at radius 2 is 1.53 bits per heavy atom. The van der Waals surface area contributed by atoms with Crippen LogP contribution in [0.1, 0.15) is 57.8 Å². The maximum Gasteiger partial charge on any atom is 0.315 e. The molecule has 1 saturated heterocycles. The Labute approximate surface area is 116 Å². The van der Waals surface area contributed by atoms with E-state index < -0.39 is 0 Å². The van der Waals surface area contributed by atoms with Crippen LogP contribution in [0.4, 0.5) is 4.79 Å². The number of urea groups is 1. The highest BCUT2D eigenvalue weighted by Gasteiger charge is 2.33. The standard InChI is InChI=1S/C15H27N3O/c19-15(16-12-5-2-1-3-6-12)17-13-7-4-10-18(11-13)14-8-9-14/h12-14H,1-11H2,(H2,16,17,19). The summed E-state index contributed by atoms with van der Waals surface area (Å²) in [6, 6.07) is 1.66. The maximum absolute atomic E-state index is 12.0. The molecule has 19 heavy (non-hydrogen) atoms. The van der Waals surface area contributed by atoms with E-state index in [9.17, 15) is 4.79 Å². The molecular formula is C15H27N3O. The molecule has 2 saturated carbocycles. The fourth-order valence-electron chi connectivity index (χ4n) is 3.55. The predicted octanol–water partition coefficient (Wildman–Crippen LogP) is 2.25. The minimum atomic E-state index is 0.0644. The van der Waals surface area contributed by atoms with Crippen LogP contribution in [0.3, 0.4) is 0 Å². The Hall–Kier alpha value is -0.770. The van der Waals surface area contributed by atoms with Crippen molar-refractivity contribution in [2.24, 2.45) is 0 Å². The first kappa shape index (κ1) is 13.2. The van der Waals surface area contributed by atoms with Gasteiger partial charge in [0.05, 0.1) is 0 Å². The average Bonchev–Trinajstić information content (AvgIpc) is 3.24. The largest absolute Gasteiger partial charge is 0.335 e. The molecule has 0 aromatic heterocycles. The Morgan fingerprint density at radius 3 is 2.26 bits per heavy atom. The second-order valence-corrected chi connectivity index (χ2v) is 6.52. The minimum Gasteiger partial charge on any atom is -0.335 e. The molecule has 4 heteroatoms. The summed E-state index contributed by atoms with van der Waals surface area (Å²) < 4.78 is 0. The molecular weight excluding hydrogens is 238 g/mol. The summed E-state index contributed by atoms with van der Waals surface area (Å²) in [5.74, 6) is 0. The van der Waals surface area contributed by atoms with Crippen LogP contribution in [-0.2, 0) is 0 Å². The molecule has 0 radical (unpaired) electrons. The van der Waals surface area contributed by atoms with Gasteiger partial charge in [-0.1, -0.05) is 19.3 Å². The topological polar surface area (TPSA) is 44.4 Å². The van der Waals surface area contributed by atoms with Crippen molar-refractivity contribution in [3.63, 3.8) is 0 Å². The Kier molecular flexibility index (Phi) is 4.26. The van der Waals surface area contributed by atoms with Crippen molar-refractivity contribution in [1.82, 2.24) is 15.5 Å². The first-order chi connectivity index (χ1) is 9.31. The van der Waals surface area contributed by atoms with Gasteiger partial charge >= 0.3 is 6.03 Å². The molecule has 0 bridgehead atoms. The van der Waals surface area contributed by atoms with Crippen LogP contribution < -0.4 is 10.6 Å². The molecule has 3 fully saturated rings. The Balaban J connectivity index is 1.40. The third-order valence-corrected chi connectivity index (χ3v) is 4.79. The zero-order valence-corrected chi connectivity index (χ0v) is 11.9. The van der Waals surface area contributed by atoms with Gasteiger partial charge in [0.1, 0.15) is 0 Å². The Morgan fingerprint density at radius 1 is 0.842 bits per heavy atom. The molecule has 3 rings (SSSR count). The van der Waals surface area contributed by atoms with Crippen molar-refractivity contribution >= 4 is 6.03 Å². The third kappa shape index (κ3) is 3.85. The van der Waals surface area contributed by atoms with Crippen molar-refractivity contribution in [3.8, 4) is 0 Å². The molecule has 1 aliphatic heterocycles. The molecule has 1 atom stereocenters. The molecule has 2 amide bonds. The van der Waals surface area contributed by atoms with E-state index in [2.05, 4.69) is 15.5 Å². The van der Waals surface area contributed by atoms with Gasteiger partial charge in [0, 0.05) is 24.7 Å². The highest BCUT2D eigenvalue weighted by molar-refractivity contribution is 5.74. The summed E-state index contributed by atoms with van der Waals surface area (Å²) in [5, 5.41) is 6.34. The molecule has 0 spiro atoms. The lowest BCUT2D eigenvalue weighted by Crippen LogP contribution is -2.52. The molecule has 1 heterocycles. The van der Waals surface area contributed by atoms with Gasteiger partial charge in [0.2, 0.25) is 0 Å². The highest BCUT2D eigenvalue weighted by Crippen LogP contribution is 2.29. The quantitative estimate of drug-likeness (QED) is 0.822. The number of likely N-dealkylation sites (tertiary alicyclic amines) is 1. The van der Waals surface area contributed by atoms with E-state index in [0.717, 1.165) is 31.8 Å². The zero-order valence-electron chi connectivity index (χ0n) is 11.9. The predicted molar refractivity (Wildman–Crippen MR) is 76.2 cm³/mol. The number of nitrogens with one attached hydrogen (secondary N) is 2. The van der Waals surface area contributed by atoms with Crippen LogP contribution in [0.2, 0.25) is 0 Å². The van der Waals surface area contributed by atoms with E-state index in [1.54, 1.807) is 0 Å². The fraction of sp³-hybridized carbons (Fsp3) is 0.933. The van der Waals surface area contributed by atoms with Crippen LogP contribution in [0.15, 0.2) is 0 Å². The van der Waals surface area contributed by atoms with Gasteiger partial charge < -0.3 is 10.6 Å². The van der Waals surface area contributed by atoms with Gasteiger partial charge in [-0.3, -0.25) is 4.90 Å². The van der Waals surface area contributed by atoms with Crippen LogP contribution in [0, 0.1) is 0 Å². The number of rotatable bonds is 3. The second kappa shape index (κ2) is 6.12. The van der Waals surface area contributed by atoms with Crippen molar-refractivity contribution in [1.29, 1.82) is 0 Å². The number of carbonyl (C=O) groups excluding carboxylic acids is 1. The van der Waals surface area contributed by atoms with Gasteiger partial charge in [-0.2, -0.15) is 0 Å². The molecule has 1 unspecified atom stereocenters. The van der Waals surface area contributed by atoms with Crippen LogP contribution in [0.25, 0.3) is 0 Å². The van der Waals surface area contributed by atoms with Crippen LogP contribution in [-0.4, -0.2) is 42.1 Å².